The first kappa shape index (κ1) is 14.6. The molecule has 0 aliphatic carbocycles. The lowest BCUT2D eigenvalue weighted by molar-refractivity contribution is -0.154. The normalized spacial score (nSPS) is 36.7. The van der Waals surface area contributed by atoms with E-state index in [1.54, 1.807) is 0 Å². The summed E-state index contributed by atoms with van der Waals surface area (Å²) in [6.45, 7) is 6.98. The molecule has 0 aromatic rings. The van der Waals surface area contributed by atoms with Crippen molar-refractivity contribution in [1.82, 2.24) is 4.90 Å². The average molecular weight is 293 g/mol. The number of hydrogen-bond donors (Lipinski definition) is 0. The molecule has 5 nitrogen and oxygen atoms in total. The minimum absolute atomic E-state index is 0.0225. The molecule has 21 heavy (non-hydrogen) atoms. The van der Waals surface area contributed by atoms with Crippen LogP contribution in [0.1, 0.15) is 33.6 Å². The van der Waals surface area contributed by atoms with Crippen molar-refractivity contribution in [3.05, 3.63) is 12.2 Å². The summed E-state index contributed by atoms with van der Waals surface area (Å²) < 4.78 is 11.3. The summed E-state index contributed by atoms with van der Waals surface area (Å²) in [5.74, 6) is -1.16. The summed E-state index contributed by atoms with van der Waals surface area (Å²) in [7, 11) is 0. The highest BCUT2D eigenvalue weighted by atomic mass is 16.6. The van der Waals surface area contributed by atoms with E-state index in [0.717, 1.165) is 12.8 Å². The molecule has 4 atom stereocenters. The molecule has 0 N–H and O–H groups in total. The average Bonchev–Trinajstić information content (AvgIpc) is 3.07. The molecule has 5 heteroatoms. The fourth-order valence-electron chi connectivity index (χ4n) is 3.65. The summed E-state index contributed by atoms with van der Waals surface area (Å²) in [5.41, 5.74) is -0.611. The molecule has 1 spiro atoms. The summed E-state index contributed by atoms with van der Waals surface area (Å²) >= 11 is 0. The quantitative estimate of drug-likeness (QED) is 0.438. The van der Waals surface area contributed by atoms with Crippen molar-refractivity contribution in [3.8, 4) is 0 Å². The molecule has 3 aliphatic heterocycles. The minimum atomic E-state index is -0.611. The Bertz CT molecular complexity index is 487. The van der Waals surface area contributed by atoms with Crippen molar-refractivity contribution in [2.45, 2.75) is 51.4 Å². The number of unbranched alkanes of at least 4 members (excludes halogenated alkanes) is 1. The highest BCUT2D eigenvalue weighted by molar-refractivity contribution is 5.91. The Balaban J connectivity index is 1.79. The third-order valence-corrected chi connectivity index (χ3v) is 4.77. The number of fused-ring (bicyclic) bond motifs is 1. The minimum Gasteiger partial charge on any atom is -0.465 e. The lowest BCUT2D eigenvalue weighted by Crippen LogP contribution is -2.40. The van der Waals surface area contributed by atoms with E-state index in [2.05, 4.69) is 0 Å². The van der Waals surface area contributed by atoms with Crippen LogP contribution in [0.25, 0.3) is 0 Å². The van der Waals surface area contributed by atoms with E-state index in [4.69, 9.17) is 9.47 Å². The molecule has 3 heterocycles. The number of esters is 1. The van der Waals surface area contributed by atoms with Gasteiger partial charge in [0.1, 0.15) is 11.5 Å². The van der Waals surface area contributed by atoms with Crippen molar-refractivity contribution >= 4 is 11.9 Å². The topological polar surface area (TPSA) is 55.8 Å². The molecule has 0 unspecified atom stereocenters. The Hall–Kier alpha value is -1.36. The zero-order chi connectivity index (χ0) is 15.2. The van der Waals surface area contributed by atoms with Gasteiger partial charge >= 0.3 is 5.97 Å². The molecular weight excluding hydrogens is 270 g/mol. The van der Waals surface area contributed by atoms with Crippen LogP contribution in [-0.2, 0) is 19.1 Å². The Labute approximate surface area is 125 Å². The molecular formula is C16H23NO4. The molecule has 3 aliphatic rings. The second kappa shape index (κ2) is 5.13. The third-order valence-electron chi connectivity index (χ3n) is 4.77. The van der Waals surface area contributed by atoms with Gasteiger partial charge in [0.25, 0.3) is 0 Å². The van der Waals surface area contributed by atoms with Gasteiger partial charge in [-0.05, 0) is 20.3 Å². The van der Waals surface area contributed by atoms with Gasteiger partial charge in [-0.1, -0.05) is 25.5 Å². The SMILES string of the molecule is CCCCOC(=O)[C@H]1[C@H]2C=C[C@@]3(CN(C(C)C)C(=O)[C@@H]13)O2. The maximum atomic E-state index is 12.7. The van der Waals surface area contributed by atoms with E-state index in [9.17, 15) is 9.59 Å². The first-order chi connectivity index (χ1) is 10.00. The zero-order valence-electron chi connectivity index (χ0n) is 12.9. The van der Waals surface area contributed by atoms with Gasteiger partial charge in [0.15, 0.2) is 0 Å². The van der Waals surface area contributed by atoms with Gasteiger partial charge in [-0.3, -0.25) is 9.59 Å². The lowest BCUT2D eigenvalue weighted by atomic mass is 9.77. The molecule has 116 valence electrons. The second-order valence-corrected chi connectivity index (χ2v) is 6.48. The standard InChI is InChI=1S/C16H23NO4/c1-4-5-8-20-15(19)12-11-6-7-16(21-11)9-17(10(2)3)14(18)13(12)16/h6-7,10-13H,4-5,8-9H2,1-3H3/t11-,12+,13-,16+/m1/s1. The fourth-order valence-corrected chi connectivity index (χ4v) is 3.65. The number of carbonyl (C=O) groups is 2. The largest absolute Gasteiger partial charge is 0.465 e. The van der Waals surface area contributed by atoms with E-state index < -0.39 is 17.4 Å². The van der Waals surface area contributed by atoms with Crippen LogP contribution in [0.3, 0.4) is 0 Å². The van der Waals surface area contributed by atoms with E-state index >= 15 is 0 Å². The number of rotatable bonds is 5. The van der Waals surface area contributed by atoms with Crippen molar-refractivity contribution in [2.24, 2.45) is 11.8 Å². The first-order valence-corrected chi connectivity index (χ1v) is 7.84. The number of ether oxygens (including phenoxy) is 2. The van der Waals surface area contributed by atoms with Crippen LogP contribution in [-0.4, -0.2) is 47.7 Å². The zero-order valence-corrected chi connectivity index (χ0v) is 12.9. The number of hydrogen-bond acceptors (Lipinski definition) is 4. The van der Waals surface area contributed by atoms with Gasteiger partial charge in [-0.25, -0.2) is 0 Å². The molecule has 3 rings (SSSR count). The number of likely N-dealkylation sites (tertiary alicyclic amines) is 1. The predicted octanol–water partition coefficient (Wildman–Crippen LogP) is 1.52. The first-order valence-electron chi connectivity index (χ1n) is 7.84. The third kappa shape index (κ3) is 2.09. The summed E-state index contributed by atoms with van der Waals surface area (Å²) in [4.78, 5) is 26.8. The second-order valence-electron chi connectivity index (χ2n) is 6.48. The number of nitrogens with zero attached hydrogens (tertiary/aromatic N) is 1. The summed E-state index contributed by atoms with van der Waals surface area (Å²) in [6.07, 6.45) is 5.41. The van der Waals surface area contributed by atoms with Crippen molar-refractivity contribution in [2.75, 3.05) is 13.2 Å². The summed E-state index contributed by atoms with van der Waals surface area (Å²) in [6, 6.07) is 0.116. The van der Waals surface area contributed by atoms with E-state index in [1.807, 2.05) is 37.8 Å². The van der Waals surface area contributed by atoms with Crippen molar-refractivity contribution in [1.29, 1.82) is 0 Å². The van der Waals surface area contributed by atoms with Crippen LogP contribution < -0.4 is 0 Å². The summed E-state index contributed by atoms with van der Waals surface area (Å²) in [5, 5.41) is 0. The van der Waals surface area contributed by atoms with Crippen LogP contribution in [0.2, 0.25) is 0 Å². The monoisotopic (exact) mass is 293 g/mol. The van der Waals surface area contributed by atoms with Crippen LogP contribution in [0.4, 0.5) is 0 Å². The van der Waals surface area contributed by atoms with E-state index in [0.29, 0.717) is 13.2 Å². The van der Waals surface area contributed by atoms with Gasteiger partial charge in [-0.2, -0.15) is 0 Å². The molecule has 0 aromatic carbocycles. The molecule has 2 saturated heterocycles. The maximum Gasteiger partial charge on any atom is 0.312 e. The predicted molar refractivity (Wildman–Crippen MR) is 76.4 cm³/mol. The van der Waals surface area contributed by atoms with E-state index in [-0.39, 0.29) is 24.0 Å². The van der Waals surface area contributed by atoms with Crippen LogP contribution >= 0.6 is 0 Å². The molecule has 2 fully saturated rings. The number of amides is 1. The van der Waals surface area contributed by atoms with Gasteiger partial charge in [0.05, 0.1) is 25.2 Å². The Morgan fingerprint density at radius 3 is 3.00 bits per heavy atom. The van der Waals surface area contributed by atoms with E-state index in [1.165, 1.54) is 0 Å². The fraction of sp³-hybridized carbons (Fsp3) is 0.750. The van der Waals surface area contributed by atoms with Crippen LogP contribution in [0.15, 0.2) is 12.2 Å². The maximum absolute atomic E-state index is 12.7. The molecule has 1 amide bonds. The lowest BCUT2D eigenvalue weighted by Gasteiger charge is -2.24. The number of carbonyl (C=O) groups excluding carboxylic acids is 2. The van der Waals surface area contributed by atoms with Crippen molar-refractivity contribution in [3.63, 3.8) is 0 Å². The molecule has 0 aromatic heterocycles. The molecule has 0 saturated carbocycles. The van der Waals surface area contributed by atoms with Crippen LogP contribution in [0.5, 0.6) is 0 Å². The highest BCUT2D eigenvalue weighted by Crippen LogP contribution is 2.52. The molecule has 0 radical (unpaired) electrons. The van der Waals surface area contributed by atoms with Gasteiger partial charge in [-0.15, -0.1) is 0 Å². The Morgan fingerprint density at radius 1 is 1.57 bits per heavy atom. The van der Waals surface area contributed by atoms with Crippen molar-refractivity contribution < 1.29 is 19.1 Å². The van der Waals surface area contributed by atoms with Gasteiger partial charge < -0.3 is 14.4 Å². The van der Waals surface area contributed by atoms with Crippen LogP contribution in [0, 0.1) is 11.8 Å². The highest BCUT2D eigenvalue weighted by Gasteiger charge is 2.67. The molecule has 2 bridgehead atoms. The van der Waals surface area contributed by atoms with Gasteiger partial charge in [0.2, 0.25) is 5.91 Å². The Morgan fingerprint density at radius 2 is 2.33 bits per heavy atom. The Kier molecular flexibility index (Phi) is 3.56. The smallest absolute Gasteiger partial charge is 0.312 e. The van der Waals surface area contributed by atoms with Gasteiger partial charge in [0, 0.05) is 6.04 Å².